The highest BCUT2D eigenvalue weighted by Crippen LogP contribution is 1.92. The van der Waals surface area contributed by atoms with Crippen LogP contribution in [-0.2, 0) is 18.9 Å². The number of cyclic esters (lactones) is 4. The molecule has 0 aliphatic carbocycles. The molecule has 90 valence electrons. The highest BCUT2D eigenvalue weighted by Gasteiger charge is 2.09. The van der Waals surface area contributed by atoms with Gasteiger partial charge in [-0.25, -0.2) is 9.59 Å². The van der Waals surface area contributed by atoms with Gasteiger partial charge in [0.2, 0.25) is 0 Å². The van der Waals surface area contributed by atoms with Crippen molar-refractivity contribution in [2.45, 2.75) is 0 Å². The third-order valence-corrected chi connectivity index (χ3v) is 1.05. The predicted molar refractivity (Wildman–Crippen MR) is 39.3 cm³/mol. The fourth-order valence-corrected chi connectivity index (χ4v) is 0.583. The lowest BCUT2D eigenvalue weighted by atomic mass is 10.8. The average Bonchev–Trinajstić information content (AvgIpc) is 2.83. The van der Waals surface area contributed by atoms with Gasteiger partial charge in [0.05, 0.1) is 0 Å². The minimum absolute atomic E-state index is 0. The lowest BCUT2D eigenvalue weighted by Gasteiger charge is -1.78. The summed E-state index contributed by atoms with van der Waals surface area (Å²) in [5, 5.41) is 0. The molecule has 0 unspecified atom stereocenters. The van der Waals surface area contributed by atoms with Crippen LogP contribution in [0.15, 0.2) is 0 Å². The van der Waals surface area contributed by atoms with Crippen LogP contribution >= 0.6 is 0 Å². The number of halogens is 3. The minimum atomic E-state index is -0.546. The standard InChI is InChI=1S/2C3H4O3.F2.FH/c2*4-3-5-1-2-6-3;1-2;/h2*1-2H2;;1H. The van der Waals surface area contributed by atoms with Crippen molar-refractivity contribution in [2.24, 2.45) is 0 Å². The average molecular weight is 234 g/mol. The maximum absolute atomic E-state index is 9.80. The summed E-state index contributed by atoms with van der Waals surface area (Å²) in [6.45, 7) is 1.66. The first-order valence-electron chi connectivity index (χ1n) is 3.52. The number of hydrogen-bond donors (Lipinski definition) is 0. The van der Waals surface area contributed by atoms with Crippen molar-refractivity contribution in [2.75, 3.05) is 26.4 Å². The van der Waals surface area contributed by atoms with E-state index in [9.17, 15) is 9.59 Å². The van der Waals surface area contributed by atoms with E-state index in [1.165, 1.54) is 0 Å². The highest BCUT2D eigenvalue weighted by molar-refractivity contribution is 5.61. The first-order valence-corrected chi connectivity index (χ1v) is 3.52. The number of carbonyl (C=O) groups excluding carboxylic acids is 2. The molecule has 9 heteroatoms. The summed E-state index contributed by atoms with van der Waals surface area (Å²) in [7, 11) is 0. The lowest BCUT2D eigenvalue weighted by molar-refractivity contribution is 0.108. The van der Waals surface area contributed by atoms with Gasteiger partial charge in [0, 0.05) is 9.15 Å². The molecular formula is C6H9F3O6. The largest absolute Gasteiger partial charge is 0.508 e. The molecule has 0 spiro atoms. The summed E-state index contributed by atoms with van der Waals surface area (Å²) in [6.07, 6.45) is -1.09. The predicted octanol–water partition coefficient (Wildman–Crippen LogP) is 1.30. The summed E-state index contributed by atoms with van der Waals surface area (Å²) in [5.74, 6) is 0. The van der Waals surface area contributed by atoms with E-state index >= 15 is 0 Å². The molecule has 2 aliphatic rings. The summed E-state index contributed by atoms with van der Waals surface area (Å²) < 4.78 is 33.2. The Bertz CT molecular complexity index is 152. The van der Waals surface area contributed by atoms with Crippen molar-refractivity contribution in [3.63, 3.8) is 0 Å². The Morgan fingerprint density at radius 1 is 0.733 bits per heavy atom. The fraction of sp³-hybridized carbons (Fsp3) is 0.667. The third kappa shape index (κ3) is 8.65. The molecule has 2 rings (SSSR count). The van der Waals surface area contributed by atoms with E-state index in [1.54, 1.807) is 0 Å². The van der Waals surface area contributed by atoms with E-state index in [4.69, 9.17) is 9.15 Å². The number of hydrogen-bond acceptors (Lipinski definition) is 6. The van der Waals surface area contributed by atoms with Gasteiger partial charge in [0.25, 0.3) is 0 Å². The highest BCUT2D eigenvalue weighted by atomic mass is 20.0. The molecule has 2 fully saturated rings. The van der Waals surface area contributed by atoms with Crippen molar-refractivity contribution in [3.8, 4) is 0 Å². The van der Waals surface area contributed by atoms with E-state index in [0.717, 1.165) is 0 Å². The molecule has 0 radical (unpaired) electrons. The van der Waals surface area contributed by atoms with E-state index in [1.807, 2.05) is 0 Å². The summed E-state index contributed by atoms with van der Waals surface area (Å²) in [5.41, 5.74) is 0. The molecule has 15 heavy (non-hydrogen) atoms. The molecule has 6 nitrogen and oxygen atoms in total. The van der Waals surface area contributed by atoms with Crippen LogP contribution in [0.25, 0.3) is 0 Å². The molecule has 0 aromatic rings. The summed E-state index contributed by atoms with van der Waals surface area (Å²) in [6, 6.07) is 0. The van der Waals surface area contributed by atoms with Crippen LogP contribution < -0.4 is 0 Å². The first kappa shape index (κ1) is 15.8. The second-order valence-electron chi connectivity index (χ2n) is 1.89. The molecule has 0 amide bonds. The Kier molecular flexibility index (Phi) is 11.0. The van der Waals surface area contributed by atoms with Gasteiger partial charge in [-0.1, -0.05) is 0 Å². The number of ether oxygens (including phenoxy) is 4. The Balaban J connectivity index is 0. The van der Waals surface area contributed by atoms with Crippen LogP contribution in [0.4, 0.5) is 23.4 Å². The van der Waals surface area contributed by atoms with Gasteiger partial charge in [0.1, 0.15) is 26.4 Å². The van der Waals surface area contributed by atoms with Crippen molar-refractivity contribution < 1.29 is 42.4 Å². The zero-order valence-corrected chi connectivity index (χ0v) is 7.44. The van der Waals surface area contributed by atoms with Crippen molar-refractivity contribution in [3.05, 3.63) is 0 Å². The number of carbonyl (C=O) groups is 2. The Morgan fingerprint density at radius 3 is 1.00 bits per heavy atom. The second kappa shape index (κ2) is 10.4. The molecule has 0 aromatic heterocycles. The lowest BCUT2D eigenvalue weighted by Crippen LogP contribution is -1.88. The normalized spacial score (nSPS) is 16.1. The SMILES string of the molecule is F.FF.O=C1OCCO1.O=C1OCCO1. The third-order valence-electron chi connectivity index (χ3n) is 1.05. The van der Waals surface area contributed by atoms with E-state index < -0.39 is 12.3 Å². The first-order chi connectivity index (χ1) is 6.79. The van der Waals surface area contributed by atoms with Gasteiger partial charge in [-0.15, -0.1) is 0 Å². The molecule has 0 N–H and O–H groups in total. The van der Waals surface area contributed by atoms with Gasteiger partial charge in [-0.2, -0.15) is 0 Å². The number of rotatable bonds is 0. The quantitative estimate of drug-likeness (QED) is 0.588. The maximum Gasteiger partial charge on any atom is 0.508 e. The second-order valence-corrected chi connectivity index (χ2v) is 1.89. The molecule has 0 saturated carbocycles. The van der Waals surface area contributed by atoms with Gasteiger partial charge in [0.15, 0.2) is 0 Å². The van der Waals surface area contributed by atoms with Crippen LogP contribution in [0.2, 0.25) is 0 Å². The van der Waals surface area contributed by atoms with E-state index in [-0.39, 0.29) is 4.70 Å². The monoisotopic (exact) mass is 234 g/mol. The van der Waals surface area contributed by atoms with Gasteiger partial charge in [-0.3, -0.25) is 4.70 Å². The van der Waals surface area contributed by atoms with Crippen LogP contribution in [0, 0.1) is 0 Å². The topological polar surface area (TPSA) is 71.1 Å². The smallest absolute Gasteiger partial charge is 0.431 e. The molecular weight excluding hydrogens is 225 g/mol. The molecule has 0 aromatic carbocycles. The van der Waals surface area contributed by atoms with E-state index in [2.05, 4.69) is 18.9 Å². The summed E-state index contributed by atoms with van der Waals surface area (Å²) >= 11 is 0. The van der Waals surface area contributed by atoms with Crippen LogP contribution in [0.3, 0.4) is 0 Å². The van der Waals surface area contributed by atoms with Gasteiger partial charge in [-0.05, 0) is 0 Å². The van der Waals surface area contributed by atoms with Gasteiger partial charge >= 0.3 is 12.3 Å². The Labute approximate surface area is 82.3 Å². The molecule has 2 aliphatic heterocycles. The van der Waals surface area contributed by atoms with Crippen molar-refractivity contribution >= 4 is 12.3 Å². The molecule has 2 heterocycles. The molecule has 2 saturated heterocycles. The van der Waals surface area contributed by atoms with E-state index in [0.29, 0.717) is 26.4 Å². The fourth-order valence-electron chi connectivity index (χ4n) is 0.583. The molecule has 0 atom stereocenters. The Hall–Kier alpha value is -1.67. The van der Waals surface area contributed by atoms with Crippen LogP contribution in [-0.4, -0.2) is 38.7 Å². The van der Waals surface area contributed by atoms with Crippen molar-refractivity contribution in [1.82, 2.24) is 0 Å². The maximum atomic E-state index is 9.80. The zero-order valence-electron chi connectivity index (χ0n) is 7.44. The summed E-state index contributed by atoms with van der Waals surface area (Å²) in [4.78, 5) is 19.6. The molecule has 0 bridgehead atoms. The Morgan fingerprint density at radius 2 is 0.933 bits per heavy atom. The van der Waals surface area contributed by atoms with Crippen LogP contribution in [0.1, 0.15) is 0 Å². The minimum Gasteiger partial charge on any atom is -0.431 e. The van der Waals surface area contributed by atoms with Gasteiger partial charge < -0.3 is 18.9 Å². The van der Waals surface area contributed by atoms with Crippen LogP contribution in [0.5, 0.6) is 0 Å². The zero-order chi connectivity index (χ0) is 10.8. The van der Waals surface area contributed by atoms with Crippen molar-refractivity contribution in [1.29, 1.82) is 0 Å².